The molecule has 0 unspecified atom stereocenters. The van der Waals surface area contributed by atoms with Crippen molar-refractivity contribution >= 4 is 35.7 Å². The Balaban J connectivity index is 1.20. The van der Waals surface area contributed by atoms with Crippen molar-refractivity contribution in [3.8, 4) is 0 Å². The van der Waals surface area contributed by atoms with Crippen LogP contribution in [0.2, 0.25) is 0 Å². The minimum atomic E-state index is -1.33. The van der Waals surface area contributed by atoms with Gasteiger partial charge in [-0.3, -0.25) is 24.0 Å². The van der Waals surface area contributed by atoms with Crippen LogP contribution in [0.4, 0.5) is 0 Å². The molecule has 17 atom stereocenters. The Labute approximate surface area is 342 Å². The number of carbonyl (C=O) groups excluding carboxylic acids is 5. The summed E-state index contributed by atoms with van der Waals surface area (Å²) >= 11 is 0. The summed E-state index contributed by atoms with van der Waals surface area (Å²) in [5.41, 5.74) is -0.616. The molecule has 0 aromatic rings. The summed E-state index contributed by atoms with van der Waals surface area (Å²) in [6.45, 7) is 15.9. The number of esters is 5. The maximum absolute atomic E-state index is 12.6. The van der Waals surface area contributed by atoms with Gasteiger partial charge in [0, 0.05) is 34.6 Å². The predicted molar refractivity (Wildman–Crippen MR) is 207 cm³/mol. The zero-order valence-electron chi connectivity index (χ0n) is 35.8. The number of rotatable bonds is 7. The standard InChI is InChI=1S/C44H65NO13/c1-22-12-17-44(41(52-20-22)45-40-39(56-28(7)50)38(55-27(6)49)37(54-26(5)48)35(57-40)21-51-24(3)46)23(2)36-34(58-44)19-33-31-11-10-29-18-30(53-25(4)47)13-15-42(29,8)32(31)14-16-43(33,36)9/h22-23,29-40H,10-21H2,1-9H3/b45-41-/t22-,23-,29+,30-,31+,32-,33-,34-,35+,36-,37+,38-,39+,40-,42-,43-,44+/m0/s1. The predicted octanol–water partition coefficient (Wildman–Crippen LogP) is 5.89. The Bertz CT molecular complexity index is 1650. The molecule has 0 bridgehead atoms. The highest BCUT2D eigenvalue weighted by Crippen LogP contribution is 2.71. The van der Waals surface area contributed by atoms with Crippen molar-refractivity contribution in [1.29, 1.82) is 0 Å². The van der Waals surface area contributed by atoms with Gasteiger partial charge in [0.15, 0.2) is 24.5 Å². The van der Waals surface area contributed by atoms with Crippen molar-refractivity contribution in [2.24, 2.45) is 57.2 Å². The molecule has 7 aliphatic rings. The lowest BCUT2D eigenvalue weighted by Crippen LogP contribution is -2.62. The molecule has 3 heterocycles. The van der Waals surface area contributed by atoms with Gasteiger partial charge in [-0.25, -0.2) is 4.99 Å². The minimum Gasteiger partial charge on any atom is -0.479 e. The summed E-state index contributed by atoms with van der Waals surface area (Å²) < 4.78 is 48.7. The van der Waals surface area contributed by atoms with E-state index in [4.69, 9.17) is 42.9 Å². The Morgan fingerprint density at radius 3 is 2.03 bits per heavy atom. The smallest absolute Gasteiger partial charge is 0.303 e. The van der Waals surface area contributed by atoms with Crippen LogP contribution in [0.15, 0.2) is 4.99 Å². The molecule has 0 N–H and O–H groups in total. The molecule has 324 valence electrons. The lowest BCUT2D eigenvalue weighted by Gasteiger charge is -2.61. The lowest BCUT2D eigenvalue weighted by atomic mass is 9.44. The van der Waals surface area contributed by atoms with Crippen LogP contribution >= 0.6 is 0 Å². The molecule has 3 aliphatic heterocycles. The van der Waals surface area contributed by atoms with Crippen LogP contribution < -0.4 is 0 Å². The van der Waals surface area contributed by atoms with Crippen LogP contribution in [0.25, 0.3) is 0 Å². The molecule has 14 heteroatoms. The fraction of sp³-hybridized carbons (Fsp3) is 0.864. The SMILES string of the molecule is CC(=O)OC[C@H]1O[C@H](/N=C2\OC[C@@H](C)CC[C@]23O[C@H]2C[C@H]4[C@@H]5CC[C@@H]6C[C@@H](OC(C)=O)CC[C@]6(C)[C@H]5CC[C@]4(C)[C@H]2[C@@H]3C)[C@H](OC(C)=O)[C@@H](OC(C)=O)[C@@H]1OC(C)=O. The number of fused-ring (bicyclic) bond motifs is 7. The Morgan fingerprint density at radius 2 is 1.36 bits per heavy atom. The first-order valence-corrected chi connectivity index (χ1v) is 21.7. The molecule has 14 nitrogen and oxygen atoms in total. The summed E-state index contributed by atoms with van der Waals surface area (Å²) in [5, 5.41) is 0. The Hall–Kier alpha value is -3.26. The van der Waals surface area contributed by atoms with E-state index in [2.05, 4.69) is 27.7 Å². The molecule has 1 spiro atoms. The van der Waals surface area contributed by atoms with Crippen LogP contribution in [0.3, 0.4) is 0 Å². The third-order valence-corrected chi connectivity index (χ3v) is 15.8. The van der Waals surface area contributed by atoms with Gasteiger partial charge in [-0.1, -0.05) is 27.7 Å². The van der Waals surface area contributed by atoms with E-state index in [1.165, 1.54) is 47.5 Å². The third kappa shape index (κ3) is 7.78. The first-order chi connectivity index (χ1) is 27.4. The van der Waals surface area contributed by atoms with E-state index in [0.29, 0.717) is 42.6 Å². The summed E-state index contributed by atoms with van der Waals surface area (Å²) in [5.74, 6) is 0.311. The van der Waals surface area contributed by atoms with Crippen LogP contribution in [0, 0.1) is 52.3 Å². The summed E-state index contributed by atoms with van der Waals surface area (Å²) in [6, 6.07) is 0. The fourth-order valence-electron chi connectivity index (χ4n) is 13.4. The highest BCUT2D eigenvalue weighted by molar-refractivity contribution is 5.87. The summed E-state index contributed by atoms with van der Waals surface area (Å²) in [6.07, 6.45) is 3.79. The van der Waals surface area contributed by atoms with Crippen molar-refractivity contribution in [2.45, 2.75) is 175 Å². The molecule has 7 fully saturated rings. The van der Waals surface area contributed by atoms with Gasteiger partial charge in [0.05, 0.1) is 12.7 Å². The van der Waals surface area contributed by atoms with E-state index in [1.54, 1.807) is 0 Å². The Morgan fingerprint density at radius 1 is 0.707 bits per heavy atom. The number of aliphatic imine (C=N–C) groups is 1. The van der Waals surface area contributed by atoms with Crippen molar-refractivity contribution in [3.63, 3.8) is 0 Å². The van der Waals surface area contributed by atoms with Gasteiger partial charge in [0.2, 0.25) is 5.90 Å². The van der Waals surface area contributed by atoms with E-state index in [-0.39, 0.29) is 53.4 Å². The average Bonchev–Trinajstić information content (AvgIpc) is 3.53. The zero-order valence-corrected chi connectivity index (χ0v) is 35.8. The monoisotopic (exact) mass is 815 g/mol. The van der Waals surface area contributed by atoms with Crippen LogP contribution in [0.5, 0.6) is 0 Å². The quantitative estimate of drug-likeness (QED) is 0.220. The molecule has 0 amide bonds. The lowest BCUT2D eigenvalue weighted by molar-refractivity contribution is -0.251. The maximum atomic E-state index is 12.6. The molecule has 0 aromatic carbocycles. The fourth-order valence-corrected chi connectivity index (χ4v) is 13.4. The van der Waals surface area contributed by atoms with Gasteiger partial charge < -0.3 is 37.9 Å². The van der Waals surface area contributed by atoms with E-state index in [0.717, 1.165) is 44.9 Å². The Kier molecular flexibility index (Phi) is 12.0. The number of carbonyl (C=O) groups is 5. The van der Waals surface area contributed by atoms with Gasteiger partial charge in [0.25, 0.3) is 0 Å². The zero-order chi connectivity index (χ0) is 41.9. The topological polar surface area (TPSA) is 172 Å². The molecular weight excluding hydrogens is 750 g/mol. The number of ether oxygens (including phenoxy) is 8. The van der Waals surface area contributed by atoms with Crippen LogP contribution in [-0.4, -0.2) is 97.4 Å². The van der Waals surface area contributed by atoms with E-state index in [9.17, 15) is 24.0 Å². The van der Waals surface area contributed by atoms with Gasteiger partial charge in [0.1, 0.15) is 24.4 Å². The number of hydrogen-bond donors (Lipinski definition) is 0. The molecule has 3 saturated heterocycles. The number of hydrogen-bond acceptors (Lipinski definition) is 14. The van der Waals surface area contributed by atoms with Crippen molar-refractivity contribution < 1.29 is 61.9 Å². The molecule has 4 aliphatic carbocycles. The molecule has 0 aromatic heterocycles. The minimum absolute atomic E-state index is 0.00779. The molecule has 58 heavy (non-hydrogen) atoms. The average molecular weight is 816 g/mol. The van der Waals surface area contributed by atoms with Crippen molar-refractivity contribution in [2.75, 3.05) is 13.2 Å². The molecule has 4 saturated carbocycles. The highest BCUT2D eigenvalue weighted by atomic mass is 16.7. The van der Waals surface area contributed by atoms with Gasteiger partial charge >= 0.3 is 29.8 Å². The van der Waals surface area contributed by atoms with E-state index < -0.39 is 60.1 Å². The number of nitrogens with zero attached hydrogens (tertiary/aromatic N) is 1. The second-order valence-corrected chi connectivity index (χ2v) is 19.3. The summed E-state index contributed by atoms with van der Waals surface area (Å²) in [4.78, 5) is 66.4. The van der Waals surface area contributed by atoms with E-state index in [1.807, 2.05) is 0 Å². The molecule has 7 rings (SSSR count). The molecular formula is C44H65NO13. The van der Waals surface area contributed by atoms with Crippen molar-refractivity contribution in [1.82, 2.24) is 0 Å². The normalized spacial score (nSPS) is 46.3. The third-order valence-electron chi connectivity index (χ3n) is 15.8. The van der Waals surface area contributed by atoms with Crippen LogP contribution in [0.1, 0.15) is 127 Å². The summed E-state index contributed by atoms with van der Waals surface area (Å²) in [7, 11) is 0. The van der Waals surface area contributed by atoms with Crippen LogP contribution in [-0.2, 0) is 61.9 Å². The second-order valence-electron chi connectivity index (χ2n) is 19.3. The van der Waals surface area contributed by atoms with Crippen molar-refractivity contribution in [3.05, 3.63) is 0 Å². The highest BCUT2D eigenvalue weighted by Gasteiger charge is 2.70. The second kappa shape index (κ2) is 16.3. The van der Waals surface area contributed by atoms with E-state index >= 15 is 0 Å². The van der Waals surface area contributed by atoms with Gasteiger partial charge in [-0.05, 0) is 116 Å². The first kappa shape index (κ1) is 42.8. The molecule has 0 radical (unpaired) electrons. The van der Waals surface area contributed by atoms with Gasteiger partial charge in [-0.2, -0.15) is 0 Å². The largest absolute Gasteiger partial charge is 0.479 e. The van der Waals surface area contributed by atoms with Gasteiger partial charge in [-0.15, -0.1) is 0 Å². The maximum Gasteiger partial charge on any atom is 0.303 e. The first-order valence-electron chi connectivity index (χ1n) is 21.7.